The molecule has 236 valence electrons. The van der Waals surface area contributed by atoms with E-state index < -0.39 is 28.5 Å². The highest BCUT2D eigenvalue weighted by atomic mass is 35.5. The number of ether oxygens (including phenoxy) is 2. The number of halogens is 1. The summed E-state index contributed by atoms with van der Waals surface area (Å²) >= 11 is 6.11. The Morgan fingerprint density at radius 2 is 1.59 bits per heavy atom. The van der Waals surface area contributed by atoms with Crippen molar-refractivity contribution in [1.82, 2.24) is 10.2 Å². The number of sulfonamides is 1. The average Bonchev–Trinajstić information content (AvgIpc) is 3.53. The van der Waals surface area contributed by atoms with Gasteiger partial charge in [-0.2, -0.15) is 0 Å². The van der Waals surface area contributed by atoms with Crippen LogP contribution in [0.3, 0.4) is 0 Å². The van der Waals surface area contributed by atoms with Crippen LogP contribution in [-0.2, 0) is 26.2 Å². The van der Waals surface area contributed by atoms with Crippen molar-refractivity contribution in [3.05, 3.63) is 82.9 Å². The van der Waals surface area contributed by atoms with Crippen LogP contribution < -0.4 is 19.1 Å². The quantitative estimate of drug-likeness (QED) is 0.256. The number of amides is 2. The molecule has 0 saturated heterocycles. The van der Waals surface area contributed by atoms with Gasteiger partial charge in [0.05, 0.1) is 24.8 Å². The second-order valence-electron chi connectivity index (χ2n) is 10.9. The molecule has 0 aromatic heterocycles. The highest BCUT2D eigenvalue weighted by Gasteiger charge is 2.35. The van der Waals surface area contributed by atoms with Gasteiger partial charge in [0.1, 0.15) is 12.6 Å². The fraction of sp³-hybridized carbons (Fsp3) is 0.394. The minimum absolute atomic E-state index is 0.0287. The smallest absolute Gasteiger partial charge is 0.264 e. The van der Waals surface area contributed by atoms with E-state index in [0.29, 0.717) is 22.9 Å². The molecule has 0 spiro atoms. The predicted molar refractivity (Wildman–Crippen MR) is 172 cm³/mol. The van der Waals surface area contributed by atoms with Gasteiger partial charge in [0.2, 0.25) is 11.8 Å². The first kappa shape index (κ1) is 33.1. The van der Waals surface area contributed by atoms with Gasteiger partial charge in [-0.15, -0.1) is 0 Å². The molecule has 0 aliphatic heterocycles. The third kappa shape index (κ3) is 7.84. The number of hydrogen-bond donors (Lipinski definition) is 1. The first-order chi connectivity index (χ1) is 21.1. The number of hydrogen-bond acceptors (Lipinski definition) is 6. The Bertz CT molecular complexity index is 1540. The fourth-order valence-electron chi connectivity index (χ4n) is 5.42. The highest BCUT2D eigenvalue weighted by Crippen LogP contribution is 2.34. The number of rotatable bonds is 13. The summed E-state index contributed by atoms with van der Waals surface area (Å²) in [7, 11) is -1.29. The van der Waals surface area contributed by atoms with E-state index in [1.165, 1.54) is 37.3 Å². The van der Waals surface area contributed by atoms with E-state index in [1.807, 2.05) is 13.8 Å². The molecule has 2 amide bonds. The lowest BCUT2D eigenvalue weighted by Crippen LogP contribution is -2.53. The second kappa shape index (κ2) is 14.8. The molecule has 3 aromatic carbocycles. The molecule has 0 heterocycles. The molecule has 1 atom stereocenters. The van der Waals surface area contributed by atoms with Crippen molar-refractivity contribution < 1.29 is 27.5 Å². The van der Waals surface area contributed by atoms with Crippen molar-refractivity contribution in [3.63, 3.8) is 0 Å². The topological polar surface area (TPSA) is 105 Å². The van der Waals surface area contributed by atoms with E-state index in [-0.39, 0.29) is 29.1 Å². The Hall–Kier alpha value is -3.76. The van der Waals surface area contributed by atoms with Crippen LogP contribution in [0.4, 0.5) is 5.69 Å². The Kier molecular flexibility index (Phi) is 11.2. The molecule has 1 saturated carbocycles. The lowest BCUT2D eigenvalue weighted by Gasteiger charge is -2.34. The summed E-state index contributed by atoms with van der Waals surface area (Å²) in [5.74, 6) is -0.0594. The number of carbonyl (C=O) groups is 2. The average molecular weight is 642 g/mol. The van der Waals surface area contributed by atoms with Crippen molar-refractivity contribution in [1.29, 1.82) is 0 Å². The number of nitrogens with one attached hydrogen (secondary N) is 1. The van der Waals surface area contributed by atoms with Crippen LogP contribution in [0.5, 0.6) is 11.5 Å². The van der Waals surface area contributed by atoms with Gasteiger partial charge >= 0.3 is 0 Å². The molecule has 1 aliphatic rings. The van der Waals surface area contributed by atoms with E-state index in [1.54, 1.807) is 48.5 Å². The van der Waals surface area contributed by atoms with Gasteiger partial charge in [0.25, 0.3) is 10.0 Å². The third-order valence-electron chi connectivity index (χ3n) is 7.90. The molecule has 9 nitrogen and oxygen atoms in total. The number of methoxy groups -OCH3 is 2. The Morgan fingerprint density at radius 1 is 0.955 bits per heavy atom. The van der Waals surface area contributed by atoms with Gasteiger partial charge < -0.3 is 19.7 Å². The van der Waals surface area contributed by atoms with E-state index in [9.17, 15) is 18.0 Å². The van der Waals surface area contributed by atoms with E-state index >= 15 is 0 Å². The first-order valence-electron chi connectivity index (χ1n) is 14.7. The van der Waals surface area contributed by atoms with Crippen molar-refractivity contribution in [2.24, 2.45) is 0 Å². The Balaban J connectivity index is 1.75. The number of nitrogens with zero attached hydrogens (tertiary/aromatic N) is 2. The van der Waals surface area contributed by atoms with E-state index in [4.69, 9.17) is 21.1 Å². The van der Waals surface area contributed by atoms with E-state index in [0.717, 1.165) is 41.1 Å². The van der Waals surface area contributed by atoms with Crippen LogP contribution in [0.2, 0.25) is 5.02 Å². The third-order valence-corrected chi connectivity index (χ3v) is 9.94. The van der Waals surface area contributed by atoms with Gasteiger partial charge in [0, 0.05) is 23.7 Å². The normalized spacial score (nSPS) is 14.1. The van der Waals surface area contributed by atoms with Crippen LogP contribution in [0.15, 0.2) is 71.6 Å². The van der Waals surface area contributed by atoms with Gasteiger partial charge in [0.15, 0.2) is 11.5 Å². The molecule has 0 bridgehead atoms. The van der Waals surface area contributed by atoms with Gasteiger partial charge in [-0.25, -0.2) is 8.42 Å². The standard InChI is InChI=1S/C33H40ClN3O6S/c1-5-29(33(39)35-26-8-6-7-9-26)36(21-24-12-14-25(34)15-13-24)32(38)22-37(27-16-19-30(42-3)31(20-27)43-4)44(40,41)28-17-10-23(2)11-18-28/h10-20,26,29H,5-9,21-22H2,1-4H3,(H,35,39)/t29-/m0/s1. The van der Waals surface area contributed by atoms with Gasteiger partial charge in [-0.1, -0.05) is 61.2 Å². The number of anilines is 1. The predicted octanol–water partition coefficient (Wildman–Crippen LogP) is 5.73. The van der Waals surface area contributed by atoms with E-state index in [2.05, 4.69) is 5.32 Å². The summed E-state index contributed by atoms with van der Waals surface area (Å²) in [6.07, 6.45) is 4.24. The second-order valence-corrected chi connectivity index (χ2v) is 13.2. The molecular weight excluding hydrogens is 602 g/mol. The number of benzene rings is 3. The Morgan fingerprint density at radius 3 is 2.18 bits per heavy atom. The van der Waals surface area contributed by atoms with Crippen molar-refractivity contribution in [3.8, 4) is 11.5 Å². The zero-order valence-electron chi connectivity index (χ0n) is 25.6. The van der Waals surface area contributed by atoms with Crippen LogP contribution in [-0.4, -0.2) is 58.0 Å². The van der Waals surface area contributed by atoms with Gasteiger partial charge in [-0.3, -0.25) is 13.9 Å². The molecule has 0 unspecified atom stereocenters. The summed E-state index contributed by atoms with van der Waals surface area (Å²) in [6, 6.07) is 17.4. The van der Waals surface area contributed by atoms with Crippen LogP contribution >= 0.6 is 11.6 Å². The van der Waals surface area contributed by atoms with Crippen LogP contribution in [0.25, 0.3) is 0 Å². The molecule has 11 heteroatoms. The lowest BCUT2D eigenvalue weighted by atomic mass is 10.1. The Labute approximate surface area is 265 Å². The maximum atomic E-state index is 14.3. The molecular formula is C33H40ClN3O6S. The SMILES string of the molecule is CC[C@@H](C(=O)NC1CCCC1)N(Cc1ccc(Cl)cc1)C(=O)CN(c1ccc(OC)c(OC)c1)S(=O)(=O)c1ccc(C)cc1. The first-order valence-corrected chi connectivity index (χ1v) is 16.5. The lowest BCUT2D eigenvalue weighted by molar-refractivity contribution is -0.140. The summed E-state index contributed by atoms with van der Waals surface area (Å²) in [5, 5.41) is 3.66. The molecule has 4 rings (SSSR count). The van der Waals surface area contributed by atoms with Crippen LogP contribution in [0, 0.1) is 6.92 Å². The van der Waals surface area contributed by atoms with Crippen molar-refractivity contribution in [2.45, 2.75) is 69.5 Å². The van der Waals surface area contributed by atoms with Crippen molar-refractivity contribution in [2.75, 3.05) is 25.1 Å². The minimum Gasteiger partial charge on any atom is -0.493 e. The summed E-state index contributed by atoms with van der Waals surface area (Å²) in [4.78, 5) is 29.4. The molecule has 3 aromatic rings. The molecule has 0 radical (unpaired) electrons. The summed E-state index contributed by atoms with van der Waals surface area (Å²) in [5.41, 5.74) is 1.87. The maximum Gasteiger partial charge on any atom is 0.264 e. The zero-order chi connectivity index (χ0) is 31.9. The summed E-state index contributed by atoms with van der Waals surface area (Å²) < 4.78 is 40.1. The minimum atomic E-state index is -4.22. The molecule has 1 aliphatic carbocycles. The molecule has 1 N–H and O–H groups in total. The number of carbonyl (C=O) groups excluding carboxylic acids is 2. The van der Waals surface area contributed by atoms with Crippen molar-refractivity contribution >= 4 is 39.1 Å². The maximum absolute atomic E-state index is 14.3. The largest absolute Gasteiger partial charge is 0.493 e. The number of aryl methyl sites for hydroxylation is 1. The highest BCUT2D eigenvalue weighted by molar-refractivity contribution is 7.92. The zero-order valence-corrected chi connectivity index (χ0v) is 27.2. The van der Waals surface area contributed by atoms with Gasteiger partial charge in [-0.05, 0) is 68.1 Å². The van der Waals surface area contributed by atoms with Crippen LogP contribution in [0.1, 0.15) is 50.2 Å². The molecule has 1 fully saturated rings. The summed E-state index contributed by atoms with van der Waals surface area (Å²) in [6.45, 7) is 3.25. The monoisotopic (exact) mass is 641 g/mol. The fourth-order valence-corrected chi connectivity index (χ4v) is 6.95. The molecule has 44 heavy (non-hydrogen) atoms.